The molecule has 1 aliphatic heterocycles. The first kappa shape index (κ1) is 23.4. The van der Waals surface area contributed by atoms with Crippen LogP contribution >= 0.6 is 0 Å². The Hall–Kier alpha value is -3.26. The molecule has 0 spiro atoms. The Bertz CT molecular complexity index is 992. The van der Waals surface area contributed by atoms with Crippen LogP contribution in [-0.2, 0) is 13.1 Å². The molecule has 0 unspecified atom stereocenters. The number of fused-ring (bicyclic) bond motifs is 1. The topological polar surface area (TPSA) is 102 Å². The van der Waals surface area contributed by atoms with E-state index in [2.05, 4.69) is 5.32 Å². The minimum Gasteiger partial charge on any atom is -0.507 e. The lowest BCUT2D eigenvalue weighted by molar-refractivity contribution is 0.0748. The fourth-order valence-electron chi connectivity index (χ4n) is 3.67. The van der Waals surface area contributed by atoms with E-state index < -0.39 is 11.8 Å². The Balaban J connectivity index is 1.77. The van der Waals surface area contributed by atoms with E-state index in [-0.39, 0.29) is 22.6 Å². The first-order chi connectivity index (χ1) is 15.3. The molecule has 2 amide bonds. The van der Waals surface area contributed by atoms with E-state index in [1.54, 1.807) is 11.9 Å². The van der Waals surface area contributed by atoms with Gasteiger partial charge in [-0.3, -0.25) is 9.59 Å². The van der Waals surface area contributed by atoms with Crippen molar-refractivity contribution in [2.24, 2.45) is 0 Å². The minimum atomic E-state index is -0.401. The highest BCUT2D eigenvalue weighted by Crippen LogP contribution is 2.33. The van der Waals surface area contributed by atoms with Gasteiger partial charge in [0.05, 0.1) is 11.1 Å². The SMILES string of the molecule is CCCCN(C)C(=O)c1cc(C(=O)N2Cc3ccc(OCCNC)cc3C2)c(O)cc1O. The van der Waals surface area contributed by atoms with Crippen LogP contribution in [0.5, 0.6) is 17.2 Å². The van der Waals surface area contributed by atoms with Gasteiger partial charge in [-0.1, -0.05) is 19.4 Å². The molecule has 2 aromatic rings. The molecule has 1 heterocycles. The summed E-state index contributed by atoms with van der Waals surface area (Å²) in [5.74, 6) is -0.753. The van der Waals surface area contributed by atoms with Gasteiger partial charge in [0.1, 0.15) is 23.9 Å². The largest absolute Gasteiger partial charge is 0.507 e. The van der Waals surface area contributed by atoms with Crippen molar-refractivity contribution in [2.75, 3.05) is 33.8 Å². The molecule has 0 radical (unpaired) electrons. The minimum absolute atomic E-state index is 0.00156. The number of unbranched alkanes of at least 4 members (excludes halogenated alkanes) is 1. The average molecular weight is 442 g/mol. The van der Waals surface area contributed by atoms with Crippen molar-refractivity contribution in [1.82, 2.24) is 15.1 Å². The van der Waals surface area contributed by atoms with Gasteiger partial charge in [0.25, 0.3) is 11.8 Å². The smallest absolute Gasteiger partial charge is 0.258 e. The predicted octanol–water partition coefficient (Wildman–Crippen LogP) is 2.72. The lowest BCUT2D eigenvalue weighted by Crippen LogP contribution is -2.29. The number of aromatic hydroxyl groups is 2. The summed E-state index contributed by atoms with van der Waals surface area (Å²) in [5.41, 5.74) is 1.98. The molecular weight excluding hydrogens is 410 g/mol. The maximum atomic E-state index is 13.2. The van der Waals surface area contributed by atoms with E-state index in [0.29, 0.717) is 26.2 Å². The van der Waals surface area contributed by atoms with Crippen LogP contribution in [0.2, 0.25) is 0 Å². The van der Waals surface area contributed by atoms with Crippen LogP contribution in [0, 0.1) is 0 Å². The highest BCUT2D eigenvalue weighted by molar-refractivity contribution is 6.03. The van der Waals surface area contributed by atoms with Crippen molar-refractivity contribution in [3.63, 3.8) is 0 Å². The fraction of sp³-hybridized carbons (Fsp3) is 0.417. The van der Waals surface area contributed by atoms with Crippen molar-refractivity contribution in [1.29, 1.82) is 0 Å². The number of carbonyl (C=O) groups is 2. The molecule has 3 N–H and O–H groups in total. The van der Waals surface area contributed by atoms with Gasteiger partial charge < -0.3 is 30.1 Å². The zero-order valence-corrected chi connectivity index (χ0v) is 18.9. The van der Waals surface area contributed by atoms with Gasteiger partial charge in [-0.15, -0.1) is 0 Å². The molecule has 0 aliphatic carbocycles. The van der Waals surface area contributed by atoms with Crippen molar-refractivity contribution < 1.29 is 24.5 Å². The van der Waals surface area contributed by atoms with Gasteiger partial charge in [0, 0.05) is 39.3 Å². The van der Waals surface area contributed by atoms with E-state index in [0.717, 1.165) is 42.3 Å². The third-order valence-corrected chi connectivity index (χ3v) is 5.58. The Morgan fingerprint density at radius 2 is 1.81 bits per heavy atom. The van der Waals surface area contributed by atoms with Crippen LogP contribution in [-0.4, -0.2) is 65.6 Å². The first-order valence-corrected chi connectivity index (χ1v) is 10.9. The number of phenols is 2. The zero-order chi connectivity index (χ0) is 23.3. The summed E-state index contributed by atoms with van der Waals surface area (Å²) in [6.45, 7) is 4.61. The Morgan fingerprint density at radius 3 is 2.53 bits per heavy atom. The number of nitrogens with one attached hydrogen (secondary N) is 1. The van der Waals surface area contributed by atoms with Gasteiger partial charge >= 0.3 is 0 Å². The number of nitrogens with zero attached hydrogens (tertiary/aromatic N) is 2. The number of likely N-dealkylation sites (N-methyl/N-ethyl adjacent to an activating group) is 1. The summed E-state index contributed by atoms with van der Waals surface area (Å²) in [5, 5.41) is 23.6. The standard InChI is InChI=1S/C24H31N3O5/c1-4-5-9-26(3)23(30)19-12-20(22(29)13-21(19)28)24(31)27-14-16-6-7-18(11-17(16)15-27)32-10-8-25-2/h6-7,11-13,25,28-29H,4-5,8-10,14-15H2,1-3H3. The Kier molecular flexibility index (Phi) is 7.58. The van der Waals surface area contributed by atoms with Crippen LogP contribution < -0.4 is 10.1 Å². The van der Waals surface area contributed by atoms with Gasteiger partial charge in [-0.25, -0.2) is 0 Å². The summed E-state index contributed by atoms with van der Waals surface area (Å²) >= 11 is 0. The highest BCUT2D eigenvalue weighted by Gasteiger charge is 2.28. The molecule has 0 aromatic heterocycles. The van der Waals surface area contributed by atoms with Gasteiger partial charge in [0.2, 0.25) is 0 Å². The summed E-state index contributed by atoms with van der Waals surface area (Å²) in [4.78, 5) is 29.0. The molecular formula is C24H31N3O5. The van der Waals surface area contributed by atoms with E-state index in [1.165, 1.54) is 11.0 Å². The molecule has 8 nitrogen and oxygen atoms in total. The lowest BCUT2D eigenvalue weighted by Gasteiger charge is -2.20. The average Bonchev–Trinajstić information content (AvgIpc) is 3.20. The van der Waals surface area contributed by atoms with Crippen LogP contribution in [0.3, 0.4) is 0 Å². The Labute approximate surface area is 188 Å². The number of hydrogen-bond donors (Lipinski definition) is 3. The third kappa shape index (κ3) is 5.13. The number of amides is 2. The number of hydrogen-bond acceptors (Lipinski definition) is 6. The number of carbonyl (C=O) groups excluding carboxylic acids is 2. The van der Waals surface area contributed by atoms with E-state index in [1.807, 2.05) is 32.2 Å². The maximum absolute atomic E-state index is 13.2. The van der Waals surface area contributed by atoms with E-state index in [4.69, 9.17) is 4.74 Å². The second-order valence-electron chi connectivity index (χ2n) is 8.01. The fourth-order valence-corrected chi connectivity index (χ4v) is 3.67. The van der Waals surface area contributed by atoms with Gasteiger partial charge in [0.15, 0.2) is 0 Å². The summed E-state index contributed by atoms with van der Waals surface area (Å²) in [7, 11) is 3.51. The molecule has 0 atom stereocenters. The molecule has 0 saturated heterocycles. The molecule has 0 saturated carbocycles. The second-order valence-corrected chi connectivity index (χ2v) is 8.01. The summed E-state index contributed by atoms with van der Waals surface area (Å²) in [6, 6.07) is 8.08. The number of ether oxygens (including phenoxy) is 1. The predicted molar refractivity (Wildman–Crippen MR) is 121 cm³/mol. The van der Waals surface area contributed by atoms with Crippen molar-refractivity contribution in [2.45, 2.75) is 32.9 Å². The van der Waals surface area contributed by atoms with E-state index >= 15 is 0 Å². The normalized spacial score (nSPS) is 12.5. The highest BCUT2D eigenvalue weighted by atomic mass is 16.5. The number of benzene rings is 2. The monoisotopic (exact) mass is 441 g/mol. The number of rotatable bonds is 9. The second kappa shape index (κ2) is 10.4. The quantitative estimate of drug-likeness (QED) is 0.517. The first-order valence-electron chi connectivity index (χ1n) is 10.9. The molecule has 0 fully saturated rings. The van der Waals surface area contributed by atoms with Crippen LogP contribution in [0.15, 0.2) is 30.3 Å². The number of phenolic OH excluding ortho intramolecular Hbond substituents is 2. The molecule has 3 rings (SSSR count). The molecule has 8 heteroatoms. The van der Waals surface area contributed by atoms with Crippen molar-refractivity contribution in [3.05, 3.63) is 52.6 Å². The van der Waals surface area contributed by atoms with E-state index in [9.17, 15) is 19.8 Å². The van der Waals surface area contributed by atoms with Gasteiger partial charge in [-0.05, 0) is 42.8 Å². The summed E-state index contributed by atoms with van der Waals surface area (Å²) < 4.78 is 5.70. The van der Waals surface area contributed by atoms with Crippen LogP contribution in [0.25, 0.3) is 0 Å². The third-order valence-electron chi connectivity index (χ3n) is 5.58. The zero-order valence-electron chi connectivity index (χ0n) is 18.9. The van der Waals surface area contributed by atoms with Gasteiger partial charge in [-0.2, -0.15) is 0 Å². The maximum Gasteiger partial charge on any atom is 0.258 e. The summed E-state index contributed by atoms with van der Waals surface area (Å²) in [6.07, 6.45) is 1.76. The lowest BCUT2D eigenvalue weighted by atomic mass is 10.1. The molecule has 2 aromatic carbocycles. The molecule has 1 aliphatic rings. The van der Waals surface area contributed by atoms with Crippen LogP contribution in [0.4, 0.5) is 0 Å². The molecule has 0 bridgehead atoms. The molecule has 32 heavy (non-hydrogen) atoms. The van der Waals surface area contributed by atoms with Crippen molar-refractivity contribution in [3.8, 4) is 17.2 Å². The Morgan fingerprint density at radius 1 is 1.09 bits per heavy atom. The van der Waals surface area contributed by atoms with Crippen molar-refractivity contribution >= 4 is 11.8 Å². The molecule has 172 valence electrons. The van der Waals surface area contributed by atoms with Crippen LogP contribution in [0.1, 0.15) is 51.6 Å².